The zero-order valence-electron chi connectivity index (χ0n) is 18.4. The molecule has 0 fully saturated rings. The molecular weight excluding hydrogens is 478 g/mol. The lowest BCUT2D eigenvalue weighted by atomic mass is 10.2. The predicted molar refractivity (Wildman–Crippen MR) is 135 cm³/mol. The van der Waals surface area contributed by atoms with Crippen LogP contribution < -0.4 is 10.1 Å². The number of nitrogens with one attached hydrogen (secondary N) is 1. The van der Waals surface area contributed by atoms with Crippen molar-refractivity contribution in [2.75, 3.05) is 17.7 Å². The molecule has 2 aromatic heterocycles. The van der Waals surface area contributed by atoms with Crippen LogP contribution in [0.4, 0.5) is 5.13 Å². The van der Waals surface area contributed by atoms with Gasteiger partial charge in [0.2, 0.25) is 5.91 Å². The molecule has 4 rings (SSSR count). The van der Waals surface area contributed by atoms with Crippen LogP contribution in [0.1, 0.15) is 24.7 Å². The second kappa shape index (κ2) is 11.0. The van der Waals surface area contributed by atoms with Crippen LogP contribution >= 0.6 is 34.7 Å². The number of benzene rings is 2. The Labute approximate surface area is 205 Å². The fraction of sp³-hybridized carbons (Fsp3) is 0.304. The summed E-state index contributed by atoms with van der Waals surface area (Å²) in [5.74, 6) is 1.86. The van der Waals surface area contributed by atoms with Crippen LogP contribution in [0.2, 0.25) is 5.02 Å². The van der Waals surface area contributed by atoms with Gasteiger partial charge in [-0.05, 0) is 56.2 Å². The fourth-order valence-corrected chi connectivity index (χ4v) is 5.26. The van der Waals surface area contributed by atoms with Gasteiger partial charge in [-0.1, -0.05) is 46.8 Å². The summed E-state index contributed by atoms with van der Waals surface area (Å²) in [5, 5.41) is 13.5. The van der Waals surface area contributed by atoms with Gasteiger partial charge in [-0.2, -0.15) is 0 Å². The summed E-state index contributed by atoms with van der Waals surface area (Å²) in [4.78, 5) is 16.9. The summed E-state index contributed by atoms with van der Waals surface area (Å²) >= 11 is 8.84. The fourth-order valence-electron chi connectivity index (χ4n) is 3.33. The van der Waals surface area contributed by atoms with E-state index in [2.05, 4.69) is 20.5 Å². The Kier molecular flexibility index (Phi) is 7.85. The highest BCUT2D eigenvalue weighted by atomic mass is 35.5. The second-order valence-electron chi connectivity index (χ2n) is 7.33. The van der Waals surface area contributed by atoms with E-state index in [1.54, 1.807) is 0 Å². The molecule has 0 saturated heterocycles. The van der Waals surface area contributed by atoms with Crippen molar-refractivity contribution in [1.29, 1.82) is 0 Å². The maximum atomic E-state index is 12.4. The number of fused-ring (bicyclic) bond motifs is 1. The number of thioether (sulfide) groups is 1. The average Bonchev–Trinajstić information content (AvgIpc) is 3.39. The molecule has 1 N–H and O–H groups in total. The van der Waals surface area contributed by atoms with Crippen LogP contribution in [-0.4, -0.2) is 38.0 Å². The molecule has 2 aromatic carbocycles. The molecule has 0 atom stereocenters. The van der Waals surface area contributed by atoms with Crippen molar-refractivity contribution in [1.82, 2.24) is 19.7 Å². The molecule has 0 radical (unpaired) electrons. The minimum Gasteiger partial charge on any atom is -0.493 e. The highest BCUT2D eigenvalue weighted by Crippen LogP contribution is 2.26. The number of aryl methyl sites for hydroxylation is 2. The number of hydrogen-bond donors (Lipinski definition) is 1. The van der Waals surface area contributed by atoms with Crippen LogP contribution in [0, 0.1) is 6.92 Å². The minimum atomic E-state index is -0.113. The van der Waals surface area contributed by atoms with Gasteiger partial charge >= 0.3 is 0 Å². The van der Waals surface area contributed by atoms with Crippen LogP contribution in [0.3, 0.4) is 0 Å². The van der Waals surface area contributed by atoms with Gasteiger partial charge in [0.15, 0.2) is 10.3 Å². The van der Waals surface area contributed by atoms with E-state index in [-0.39, 0.29) is 11.7 Å². The number of thiazole rings is 1. The number of rotatable bonds is 10. The topological polar surface area (TPSA) is 81.9 Å². The first-order chi connectivity index (χ1) is 16.0. The summed E-state index contributed by atoms with van der Waals surface area (Å²) < 4.78 is 8.96. The van der Waals surface area contributed by atoms with Gasteiger partial charge in [-0.15, -0.1) is 10.2 Å². The van der Waals surface area contributed by atoms with Gasteiger partial charge in [-0.3, -0.25) is 4.79 Å². The van der Waals surface area contributed by atoms with Gasteiger partial charge in [0.25, 0.3) is 0 Å². The summed E-state index contributed by atoms with van der Waals surface area (Å²) in [6.07, 6.45) is 1.55. The van der Waals surface area contributed by atoms with Crippen molar-refractivity contribution in [2.45, 2.75) is 38.4 Å². The first-order valence-corrected chi connectivity index (χ1v) is 12.8. The molecule has 1 amide bonds. The Bertz CT molecular complexity index is 1220. The molecule has 172 valence electrons. The zero-order valence-corrected chi connectivity index (χ0v) is 20.8. The number of para-hydroxylation sites is 1. The maximum Gasteiger partial charge on any atom is 0.236 e. The van der Waals surface area contributed by atoms with E-state index in [0.717, 1.165) is 51.9 Å². The number of halogens is 1. The molecule has 0 aliphatic carbocycles. The SMILES string of the molecule is CCn1c(CCCOc2ccc(Cl)cc2C)nnc1SCC(=O)Nc1nc2ccccc2s1. The summed E-state index contributed by atoms with van der Waals surface area (Å²) in [5.41, 5.74) is 1.90. The average molecular weight is 502 g/mol. The van der Waals surface area contributed by atoms with Gasteiger partial charge in [0.05, 0.1) is 22.6 Å². The summed E-state index contributed by atoms with van der Waals surface area (Å²) in [6.45, 7) is 5.34. The number of carbonyl (C=O) groups excluding carboxylic acids is 1. The lowest BCUT2D eigenvalue weighted by molar-refractivity contribution is -0.113. The standard InChI is InChI=1S/C23H24ClN5O2S2/c1-3-29-20(9-6-12-31-18-11-10-16(24)13-15(18)2)27-28-23(29)32-14-21(30)26-22-25-17-7-4-5-8-19(17)33-22/h4-5,7-8,10-11,13H,3,6,9,12,14H2,1-2H3,(H,25,26,30). The van der Waals surface area contributed by atoms with Gasteiger partial charge in [0.1, 0.15) is 11.6 Å². The van der Waals surface area contributed by atoms with Crippen molar-refractivity contribution < 1.29 is 9.53 Å². The van der Waals surface area contributed by atoms with E-state index in [1.807, 2.05) is 60.9 Å². The predicted octanol–water partition coefficient (Wildman–Crippen LogP) is 5.61. The van der Waals surface area contributed by atoms with E-state index in [1.165, 1.54) is 23.1 Å². The quantitative estimate of drug-likeness (QED) is 0.224. The van der Waals surface area contributed by atoms with Crippen molar-refractivity contribution in [3.8, 4) is 5.75 Å². The highest BCUT2D eigenvalue weighted by Gasteiger charge is 2.14. The van der Waals surface area contributed by atoms with E-state index in [4.69, 9.17) is 16.3 Å². The molecule has 4 aromatic rings. The number of anilines is 1. The Morgan fingerprint density at radius 2 is 2.09 bits per heavy atom. The number of aromatic nitrogens is 4. The Morgan fingerprint density at radius 3 is 2.88 bits per heavy atom. The summed E-state index contributed by atoms with van der Waals surface area (Å²) in [6, 6.07) is 13.4. The lowest BCUT2D eigenvalue weighted by Gasteiger charge is -2.10. The van der Waals surface area contributed by atoms with Gasteiger partial charge in [0, 0.05) is 18.0 Å². The number of ether oxygens (including phenoxy) is 1. The molecule has 0 unspecified atom stereocenters. The largest absolute Gasteiger partial charge is 0.493 e. The normalized spacial score (nSPS) is 11.1. The number of nitrogens with zero attached hydrogens (tertiary/aromatic N) is 4. The number of carbonyl (C=O) groups is 1. The third kappa shape index (κ3) is 6.04. The van der Waals surface area contributed by atoms with Crippen LogP contribution in [0.15, 0.2) is 47.6 Å². The molecule has 0 aliphatic rings. The zero-order chi connectivity index (χ0) is 23.2. The maximum absolute atomic E-state index is 12.4. The van der Waals surface area contributed by atoms with E-state index in [0.29, 0.717) is 16.8 Å². The molecule has 0 spiro atoms. The van der Waals surface area contributed by atoms with Crippen LogP contribution in [-0.2, 0) is 17.8 Å². The second-order valence-corrected chi connectivity index (χ2v) is 9.74. The van der Waals surface area contributed by atoms with Crippen molar-refractivity contribution in [3.05, 3.63) is 58.9 Å². The van der Waals surface area contributed by atoms with E-state index >= 15 is 0 Å². The van der Waals surface area contributed by atoms with Crippen LogP contribution in [0.5, 0.6) is 5.75 Å². The first kappa shape index (κ1) is 23.5. The Balaban J connectivity index is 1.27. The monoisotopic (exact) mass is 501 g/mol. The molecule has 10 heteroatoms. The first-order valence-electron chi connectivity index (χ1n) is 10.6. The summed E-state index contributed by atoms with van der Waals surface area (Å²) in [7, 11) is 0. The smallest absolute Gasteiger partial charge is 0.236 e. The van der Waals surface area contributed by atoms with Crippen LogP contribution in [0.25, 0.3) is 10.2 Å². The number of amides is 1. The third-order valence-electron chi connectivity index (χ3n) is 4.92. The Hall–Kier alpha value is -2.62. The number of hydrogen-bond acceptors (Lipinski definition) is 7. The molecule has 0 bridgehead atoms. The third-order valence-corrected chi connectivity index (χ3v) is 7.08. The molecule has 0 saturated carbocycles. The van der Waals surface area contributed by atoms with Gasteiger partial charge in [-0.25, -0.2) is 4.98 Å². The molecule has 33 heavy (non-hydrogen) atoms. The molecule has 2 heterocycles. The molecular formula is C23H24ClN5O2S2. The van der Waals surface area contributed by atoms with E-state index < -0.39 is 0 Å². The lowest BCUT2D eigenvalue weighted by Crippen LogP contribution is -2.14. The Morgan fingerprint density at radius 1 is 1.24 bits per heavy atom. The van der Waals surface area contributed by atoms with E-state index in [9.17, 15) is 4.79 Å². The van der Waals surface area contributed by atoms with Crippen molar-refractivity contribution >= 4 is 56.0 Å². The molecule has 7 nitrogen and oxygen atoms in total. The van der Waals surface area contributed by atoms with Crippen molar-refractivity contribution in [2.24, 2.45) is 0 Å². The van der Waals surface area contributed by atoms with Gasteiger partial charge < -0.3 is 14.6 Å². The van der Waals surface area contributed by atoms with Crippen molar-refractivity contribution in [3.63, 3.8) is 0 Å². The molecule has 0 aliphatic heterocycles. The minimum absolute atomic E-state index is 0.113. The highest BCUT2D eigenvalue weighted by molar-refractivity contribution is 7.99.